The Balaban J connectivity index is 2.56. The summed E-state index contributed by atoms with van der Waals surface area (Å²) >= 11 is 5.71. The van der Waals surface area contributed by atoms with Crippen molar-refractivity contribution in [1.82, 2.24) is 5.32 Å². The van der Waals surface area contributed by atoms with Crippen LogP contribution in [0.3, 0.4) is 0 Å². The minimum absolute atomic E-state index is 0.101. The molecule has 0 fully saturated rings. The lowest BCUT2D eigenvalue weighted by Crippen LogP contribution is -2.20. The van der Waals surface area contributed by atoms with Gasteiger partial charge in [-0.3, -0.25) is 4.79 Å². The highest BCUT2D eigenvalue weighted by atomic mass is 35.5. The fraction of sp³-hybridized carbons (Fsp3) is 0.250. The lowest BCUT2D eigenvalue weighted by molar-refractivity contribution is -0.118. The van der Waals surface area contributed by atoms with Crippen LogP contribution in [-0.4, -0.2) is 12.5 Å². The van der Waals surface area contributed by atoms with Crippen LogP contribution in [0.4, 0.5) is 4.39 Å². The molecule has 0 radical (unpaired) electrons. The van der Waals surface area contributed by atoms with E-state index in [-0.39, 0.29) is 11.5 Å². The van der Waals surface area contributed by atoms with E-state index in [2.05, 4.69) is 17.2 Å². The quantitative estimate of drug-likeness (QED) is 0.623. The van der Waals surface area contributed by atoms with Gasteiger partial charge < -0.3 is 5.32 Å². The van der Waals surface area contributed by atoms with Crippen molar-refractivity contribution >= 4 is 17.5 Å². The van der Waals surface area contributed by atoms with E-state index in [1.54, 1.807) is 0 Å². The lowest BCUT2D eigenvalue weighted by atomic mass is 10.2. The molecule has 0 unspecified atom stereocenters. The van der Waals surface area contributed by atoms with Gasteiger partial charge in [-0.15, -0.1) is 0 Å². The van der Waals surface area contributed by atoms with Crippen molar-refractivity contribution in [3.8, 4) is 11.8 Å². The van der Waals surface area contributed by atoms with Crippen LogP contribution in [0.1, 0.15) is 18.9 Å². The number of rotatable bonds is 2. The molecule has 0 aliphatic rings. The first-order chi connectivity index (χ1) is 7.59. The fourth-order valence-electron chi connectivity index (χ4n) is 1.05. The minimum Gasteiger partial charge on any atom is -0.355 e. The molecular weight excluding hydrogens is 229 g/mol. The standard InChI is InChI=1S/C12H11ClFNO/c1-9(16)15-7-3-2-4-10-8-11(13)5-6-12(10)14/h5-6,8H,3,7H2,1H3,(H,15,16). The summed E-state index contributed by atoms with van der Waals surface area (Å²) in [6.07, 6.45) is 0.478. The molecule has 0 heterocycles. The molecule has 1 rings (SSSR count). The van der Waals surface area contributed by atoms with Crippen molar-refractivity contribution in [3.05, 3.63) is 34.6 Å². The summed E-state index contributed by atoms with van der Waals surface area (Å²) in [6.45, 7) is 1.90. The Morgan fingerprint density at radius 2 is 2.31 bits per heavy atom. The molecule has 0 aliphatic heterocycles. The molecule has 0 atom stereocenters. The van der Waals surface area contributed by atoms with Crippen LogP contribution in [0.5, 0.6) is 0 Å². The van der Waals surface area contributed by atoms with Crippen molar-refractivity contribution < 1.29 is 9.18 Å². The van der Waals surface area contributed by atoms with E-state index in [4.69, 9.17) is 11.6 Å². The average molecular weight is 240 g/mol. The molecule has 1 aromatic rings. The average Bonchev–Trinajstić information content (AvgIpc) is 2.22. The van der Waals surface area contributed by atoms with Crippen molar-refractivity contribution in [2.24, 2.45) is 0 Å². The molecule has 1 amide bonds. The van der Waals surface area contributed by atoms with Crippen LogP contribution in [0, 0.1) is 17.7 Å². The lowest BCUT2D eigenvalue weighted by Gasteiger charge is -1.96. The molecule has 84 valence electrons. The molecule has 0 bridgehead atoms. The van der Waals surface area contributed by atoms with Gasteiger partial charge in [0, 0.05) is 24.9 Å². The van der Waals surface area contributed by atoms with Gasteiger partial charge in [0.25, 0.3) is 0 Å². The first-order valence-electron chi connectivity index (χ1n) is 4.78. The molecule has 1 N–H and O–H groups in total. The van der Waals surface area contributed by atoms with Crippen LogP contribution in [0.25, 0.3) is 0 Å². The second kappa shape index (κ2) is 6.14. The van der Waals surface area contributed by atoms with Gasteiger partial charge >= 0.3 is 0 Å². The number of nitrogens with one attached hydrogen (secondary N) is 1. The molecule has 16 heavy (non-hydrogen) atoms. The Morgan fingerprint density at radius 1 is 1.56 bits per heavy atom. The maximum Gasteiger partial charge on any atom is 0.216 e. The zero-order chi connectivity index (χ0) is 12.0. The second-order valence-corrected chi connectivity index (χ2v) is 3.60. The van der Waals surface area contributed by atoms with Gasteiger partial charge in [0.2, 0.25) is 5.91 Å². The van der Waals surface area contributed by atoms with Gasteiger partial charge in [-0.05, 0) is 18.2 Å². The molecule has 0 aliphatic carbocycles. The van der Waals surface area contributed by atoms with Crippen LogP contribution in [0.15, 0.2) is 18.2 Å². The summed E-state index contributed by atoms with van der Waals surface area (Å²) in [7, 11) is 0. The predicted octanol–water partition coefficient (Wildman–Crippen LogP) is 2.36. The number of amides is 1. The second-order valence-electron chi connectivity index (χ2n) is 3.16. The topological polar surface area (TPSA) is 29.1 Å². The fourth-order valence-corrected chi connectivity index (χ4v) is 1.22. The normalized spacial score (nSPS) is 9.19. The van der Waals surface area contributed by atoms with Crippen LogP contribution in [-0.2, 0) is 4.79 Å². The number of hydrogen-bond acceptors (Lipinski definition) is 1. The molecule has 1 aromatic carbocycles. The van der Waals surface area contributed by atoms with E-state index in [9.17, 15) is 9.18 Å². The Morgan fingerprint density at radius 3 is 3.00 bits per heavy atom. The summed E-state index contributed by atoms with van der Waals surface area (Å²) in [6, 6.07) is 4.22. The molecule has 0 aromatic heterocycles. The van der Waals surface area contributed by atoms with Crippen molar-refractivity contribution in [3.63, 3.8) is 0 Å². The van der Waals surface area contributed by atoms with Gasteiger partial charge in [-0.25, -0.2) is 4.39 Å². The van der Waals surface area contributed by atoms with Crippen LogP contribution >= 0.6 is 11.6 Å². The monoisotopic (exact) mass is 239 g/mol. The first-order valence-corrected chi connectivity index (χ1v) is 5.16. The largest absolute Gasteiger partial charge is 0.355 e. The van der Waals surface area contributed by atoms with Crippen molar-refractivity contribution in [2.75, 3.05) is 6.54 Å². The highest BCUT2D eigenvalue weighted by Gasteiger charge is 1.98. The number of hydrogen-bond donors (Lipinski definition) is 1. The molecule has 0 saturated carbocycles. The van der Waals surface area contributed by atoms with E-state index >= 15 is 0 Å². The van der Waals surface area contributed by atoms with E-state index in [0.717, 1.165) is 0 Å². The van der Waals surface area contributed by atoms with Crippen LogP contribution in [0.2, 0.25) is 5.02 Å². The van der Waals surface area contributed by atoms with Gasteiger partial charge in [0.1, 0.15) is 5.82 Å². The third kappa shape index (κ3) is 4.33. The summed E-state index contributed by atoms with van der Waals surface area (Å²) in [5.74, 6) is 4.94. The summed E-state index contributed by atoms with van der Waals surface area (Å²) in [5, 5.41) is 3.05. The van der Waals surface area contributed by atoms with Gasteiger partial charge in [-0.1, -0.05) is 23.4 Å². The van der Waals surface area contributed by atoms with Crippen LogP contribution < -0.4 is 5.32 Å². The predicted molar refractivity (Wildman–Crippen MR) is 61.6 cm³/mol. The van der Waals surface area contributed by atoms with Crippen molar-refractivity contribution in [2.45, 2.75) is 13.3 Å². The smallest absolute Gasteiger partial charge is 0.216 e. The van der Waals surface area contributed by atoms with Gasteiger partial charge in [0.05, 0.1) is 5.56 Å². The number of benzene rings is 1. The van der Waals surface area contributed by atoms with E-state index in [1.165, 1.54) is 25.1 Å². The maximum absolute atomic E-state index is 13.2. The molecule has 2 nitrogen and oxygen atoms in total. The summed E-state index contributed by atoms with van der Waals surface area (Å²) < 4.78 is 13.2. The first kappa shape index (κ1) is 12.5. The molecule has 0 spiro atoms. The number of carbonyl (C=O) groups is 1. The van der Waals surface area contributed by atoms with E-state index in [1.807, 2.05) is 0 Å². The molecular formula is C12H11ClFNO. The third-order valence-corrected chi connectivity index (χ3v) is 2.01. The number of carbonyl (C=O) groups excluding carboxylic acids is 1. The van der Waals surface area contributed by atoms with E-state index < -0.39 is 5.82 Å². The van der Waals surface area contributed by atoms with Crippen molar-refractivity contribution in [1.29, 1.82) is 0 Å². The Bertz CT molecular complexity index is 448. The van der Waals surface area contributed by atoms with Gasteiger partial charge in [0.15, 0.2) is 0 Å². The van der Waals surface area contributed by atoms with E-state index in [0.29, 0.717) is 18.0 Å². The zero-order valence-corrected chi connectivity index (χ0v) is 9.57. The molecule has 0 saturated heterocycles. The number of halogens is 2. The maximum atomic E-state index is 13.2. The summed E-state index contributed by atoms with van der Waals surface area (Å²) in [5.41, 5.74) is 0.273. The SMILES string of the molecule is CC(=O)NCCC#Cc1cc(Cl)ccc1F. The Labute approximate surface area is 98.8 Å². The molecule has 4 heteroatoms. The Hall–Kier alpha value is -1.53. The highest BCUT2D eigenvalue weighted by molar-refractivity contribution is 6.30. The minimum atomic E-state index is -0.392. The summed E-state index contributed by atoms with van der Waals surface area (Å²) in [4.78, 5) is 10.5. The third-order valence-electron chi connectivity index (χ3n) is 1.78. The zero-order valence-electron chi connectivity index (χ0n) is 8.81. The Kier molecular flexibility index (Phi) is 4.81. The highest BCUT2D eigenvalue weighted by Crippen LogP contribution is 2.13. The van der Waals surface area contributed by atoms with Gasteiger partial charge in [-0.2, -0.15) is 0 Å².